The lowest BCUT2D eigenvalue weighted by atomic mass is 9.97. The Bertz CT molecular complexity index is 590. The highest BCUT2D eigenvalue weighted by Crippen LogP contribution is 2.20. The standard InChI is InChI=1S/C17H18O3/c1-12-4-10-15(11-5-12)20-16(18)13-6-8-14(9-7-13)17(2,3)19/h4-11,19H,1-3H3. The molecule has 2 aromatic carbocycles. The number of ether oxygens (including phenoxy) is 1. The summed E-state index contributed by atoms with van der Waals surface area (Å²) in [5.41, 5.74) is 1.40. The molecule has 1 N–H and O–H groups in total. The van der Waals surface area contributed by atoms with E-state index in [2.05, 4.69) is 0 Å². The van der Waals surface area contributed by atoms with Crippen molar-refractivity contribution >= 4 is 5.97 Å². The van der Waals surface area contributed by atoms with Crippen molar-refractivity contribution in [2.24, 2.45) is 0 Å². The summed E-state index contributed by atoms with van der Waals surface area (Å²) in [5.74, 6) is 0.114. The summed E-state index contributed by atoms with van der Waals surface area (Å²) < 4.78 is 5.28. The van der Waals surface area contributed by atoms with Gasteiger partial charge in [-0.1, -0.05) is 29.8 Å². The quantitative estimate of drug-likeness (QED) is 0.686. The molecule has 0 atom stereocenters. The smallest absolute Gasteiger partial charge is 0.343 e. The van der Waals surface area contributed by atoms with Crippen LogP contribution in [0, 0.1) is 6.92 Å². The molecule has 0 spiro atoms. The summed E-state index contributed by atoms with van der Waals surface area (Å²) in [7, 11) is 0. The molecule has 2 aromatic rings. The first kappa shape index (κ1) is 14.3. The average Bonchev–Trinajstić information content (AvgIpc) is 2.40. The normalized spacial score (nSPS) is 11.2. The molecule has 0 saturated carbocycles. The highest BCUT2D eigenvalue weighted by atomic mass is 16.5. The topological polar surface area (TPSA) is 46.5 Å². The van der Waals surface area contributed by atoms with Crippen molar-refractivity contribution in [1.82, 2.24) is 0 Å². The number of hydrogen-bond donors (Lipinski definition) is 1. The first-order valence-corrected chi connectivity index (χ1v) is 6.48. The first-order chi connectivity index (χ1) is 9.36. The second-order valence-corrected chi connectivity index (χ2v) is 5.34. The minimum atomic E-state index is -0.917. The molecule has 104 valence electrons. The number of aliphatic hydroxyl groups is 1. The van der Waals surface area contributed by atoms with Gasteiger partial charge in [0.05, 0.1) is 11.2 Å². The number of esters is 1. The molecular formula is C17H18O3. The maximum atomic E-state index is 12.0. The van der Waals surface area contributed by atoms with Crippen LogP contribution in [0.25, 0.3) is 0 Å². The van der Waals surface area contributed by atoms with Crippen molar-refractivity contribution in [2.75, 3.05) is 0 Å². The zero-order chi connectivity index (χ0) is 14.8. The van der Waals surface area contributed by atoms with Crippen LogP contribution < -0.4 is 4.74 Å². The Morgan fingerprint density at radius 1 is 1.00 bits per heavy atom. The summed E-state index contributed by atoms with van der Waals surface area (Å²) in [6.07, 6.45) is 0. The fraction of sp³-hybridized carbons (Fsp3) is 0.235. The number of hydrogen-bond acceptors (Lipinski definition) is 3. The van der Waals surface area contributed by atoms with Crippen molar-refractivity contribution in [1.29, 1.82) is 0 Å². The van der Waals surface area contributed by atoms with Crippen molar-refractivity contribution in [2.45, 2.75) is 26.4 Å². The van der Waals surface area contributed by atoms with Gasteiger partial charge in [-0.3, -0.25) is 0 Å². The average molecular weight is 270 g/mol. The lowest BCUT2D eigenvalue weighted by molar-refractivity contribution is 0.0727. The summed E-state index contributed by atoms with van der Waals surface area (Å²) >= 11 is 0. The van der Waals surface area contributed by atoms with E-state index in [-0.39, 0.29) is 0 Å². The van der Waals surface area contributed by atoms with Crippen LogP contribution in [0.4, 0.5) is 0 Å². The van der Waals surface area contributed by atoms with E-state index in [4.69, 9.17) is 4.74 Å². The van der Waals surface area contributed by atoms with E-state index in [1.54, 1.807) is 50.2 Å². The fourth-order valence-electron chi connectivity index (χ4n) is 1.79. The predicted molar refractivity (Wildman–Crippen MR) is 77.8 cm³/mol. The van der Waals surface area contributed by atoms with E-state index in [1.807, 2.05) is 19.1 Å². The van der Waals surface area contributed by atoms with Gasteiger partial charge in [0.25, 0.3) is 0 Å². The van der Waals surface area contributed by atoms with E-state index in [0.29, 0.717) is 11.3 Å². The van der Waals surface area contributed by atoms with Crippen LogP contribution in [-0.4, -0.2) is 11.1 Å². The van der Waals surface area contributed by atoms with Crippen molar-refractivity contribution in [3.63, 3.8) is 0 Å². The molecule has 0 bridgehead atoms. The van der Waals surface area contributed by atoms with E-state index in [9.17, 15) is 9.90 Å². The van der Waals surface area contributed by atoms with Crippen LogP contribution in [0.2, 0.25) is 0 Å². The molecular weight excluding hydrogens is 252 g/mol. The summed E-state index contributed by atoms with van der Waals surface area (Å²) in [4.78, 5) is 12.0. The van der Waals surface area contributed by atoms with Crippen LogP contribution in [0.1, 0.15) is 35.3 Å². The molecule has 0 amide bonds. The number of carbonyl (C=O) groups is 1. The van der Waals surface area contributed by atoms with Gasteiger partial charge in [-0.15, -0.1) is 0 Å². The highest BCUT2D eigenvalue weighted by molar-refractivity contribution is 5.91. The monoisotopic (exact) mass is 270 g/mol. The molecule has 0 radical (unpaired) electrons. The van der Waals surface area contributed by atoms with Gasteiger partial charge in [-0.05, 0) is 50.6 Å². The molecule has 0 fully saturated rings. The second kappa shape index (κ2) is 5.47. The number of benzene rings is 2. The van der Waals surface area contributed by atoms with Gasteiger partial charge in [0.15, 0.2) is 0 Å². The number of carbonyl (C=O) groups excluding carboxylic acids is 1. The van der Waals surface area contributed by atoms with Gasteiger partial charge < -0.3 is 9.84 Å². The zero-order valence-corrected chi connectivity index (χ0v) is 11.9. The van der Waals surface area contributed by atoms with E-state index < -0.39 is 11.6 Å². The summed E-state index contributed by atoms with van der Waals surface area (Å²) in [6, 6.07) is 14.1. The van der Waals surface area contributed by atoms with Gasteiger partial charge in [-0.2, -0.15) is 0 Å². The summed E-state index contributed by atoms with van der Waals surface area (Å²) in [6.45, 7) is 5.38. The minimum Gasteiger partial charge on any atom is -0.423 e. The maximum absolute atomic E-state index is 12.0. The molecule has 0 saturated heterocycles. The lowest BCUT2D eigenvalue weighted by Crippen LogP contribution is -2.16. The Morgan fingerprint density at radius 3 is 2.05 bits per heavy atom. The Labute approximate surface area is 118 Å². The van der Waals surface area contributed by atoms with Crippen LogP contribution in [0.3, 0.4) is 0 Å². The first-order valence-electron chi connectivity index (χ1n) is 6.48. The van der Waals surface area contributed by atoms with E-state index >= 15 is 0 Å². The Kier molecular flexibility index (Phi) is 3.91. The lowest BCUT2D eigenvalue weighted by Gasteiger charge is -2.17. The van der Waals surface area contributed by atoms with E-state index in [1.165, 1.54) is 0 Å². The van der Waals surface area contributed by atoms with Crippen LogP contribution in [0.15, 0.2) is 48.5 Å². The Balaban J connectivity index is 2.11. The maximum Gasteiger partial charge on any atom is 0.343 e. The molecule has 2 rings (SSSR count). The molecule has 3 heteroatoms. The zero-order valence-electron chi connectivity index (χ0n) is 11.9. The molecule has 0 aliphatic rings. The molecule has 0 aromatic heterocycles. The molecule has 0 unspecified atom stereocenters. The molecule has 3 nitrogen and oxygen atoms in total. The molecule has 20 heavy (non-hydrogen) atoms. The second-order valence-electron chi connectivity index (χ2n) is 5.34. The van der Waals surface area contributed by atoms with Crippen molar-refractivity contribution in [3.8, 4) is 5.75 Å². The van der Waals surface area contributed by atoms with Crippen LogP contribution >= 0.6 is 0 Å². The van der Waals surface area contributed by atoms with Gasteiger partial charge >= 0.3 is 5.97 Å². The molecule has 0 aliphatic carbocycles. The summed E-state index contributed by atoms with van der Waals surface area (Å²) in [5, 5.41) is 9.86. The SMILES string of the molecule is Cc1ccc(OC(=O)c2ccc(C(C)(C)O)cc2)cc1. The fourth-order valence-corrected chi connectivity index (χ4v) is 1.79. The van der Waals surface area contributed by atoms with Gasteiger partial charge in [0.2, 0.25) is 0 Å². The Hall–Kier alpha value is -2.13. The third kappa shape index (κ3) is 3.45. The number of aryl methyl sites for hydroxylation is 1. The number of rotatable bonds is 3. The van der Waals surface area contributed by atoms with Gasteiger partial charge in [0, 0.05) is 0 Å². The van der Waals surface area contributed by atoms with Crippen LogP contribution in [-0.2, 0) is 5.60 Å². The predicted octanol–water partition coefficient (Wildman–Crippen LogP) is 3.44. The third-order valence-corrected chi connectivity index (χ3v) is 3.06. The molecule has 0 aliphatic heterocycles. The van der Waals surface area contributed by atoms with Gasteiger partial charge in [-0.25, -0.2) is 4.79 Å². The minimum absolute atomic E-state index is 0.406. The van der Waals surface area contributed by atoms with Crippen molar-refractivity contribution < 1.29 is 14.6 Å². The van der Waals surface area contributed by atoms with E-state index in [0.717, 1.165) is 11.1 Å². The Morgan fingerprint density at radius 2 is 1.55 bits per heavy atom. The molecule has 0 heterocycles. The third-order valence-electron chi connectivity index (χ3n) is 3.06. The van der Waals surface area contributed by atoms with Gasteiger partial charge in [0.1, 0.15) is 5.75 Å². The highest BCUT2D eigenvalue weighted by Gasteiger charge is 2.16. The van der Waals surface area contributed by atoms with Crippen molar-refractivity contribution in [3.05, 3.63) is 65.2 Å². The largest absolute Gasteiger partial charge is 0.423 e. The van der Waals surface area contributed by atoms with Crippen LogP contribution in [0.5, 0.6) is 5.75 Å².